The molecule has 2 rings (SSSR count). The van der Waals surface area contributed by atoms with Gasteiger partial charge in [0.2, 0.25) is 0 Å². The van der Waals surface area contributed by atoms with E-state index >= 15 is 0 Å². The molecular weight excluding hydrogens is 214 g/mol. The van der Waals surface area contributed by atoms with E-state index in [1.165, 1.54) is 6.21 Å². The Bertz CT molecular complexity index is 509. The summed E-state index contributed by atoms with van der Waals surface area (Å²) in [6.45, 7) is 0. The zero-order chi connectivity index (χ0) is 11.9. The normalized spacial score (nSPS) is 10.4. The van der Waals surface area contributed by atoms with Gasteiger partial charge in [-0.2, -0.15) is 5.10 Å². The molecule has 0 aliphatic carbocycles. The maximum atomic E-state index is 11.6. The van der Waals surface area contributed by atoms with Gasteiger partial charge in [-0.05, 0) is 24.3 Å². The molecule has 1 amide bonds. The molecule has 0 saturated carbocycles. The standard InChI is InChI=1S/C13H10N3O/c17-13(11-6-2-1-3-7-11)16-15-10-12-8-4-5-9-14-12/h1-6,8-10H,(H,16,17). The molecular formula is C13H10N3O. The van der Waals surface area contributed by atoms with E-state index in [-0.39, 0.29) is 5.91 Å². The summed E-state index contributed by atoms with van der Waals surface area (Å²) < 4.78 is 0. The molecule has 0 aliphatic rings. The molecule has 4 heteroatoms. The van der Waals surface area contributed by atoms with Crippen molar-refractivity contribution in [3.05, 3.63) is 66.0 Å². The van der Waals surface area contributed by atoms with Gasteiger partial charge in [0.05, 0.1) is 11.9 Å². The molecule has 17 heavy (non-hydrogen) atoms. The van der Waals surface area contributed by atoms with E-state index in [9.17, 15) is 4.79 Å². The van der Waals surface area contributed by atoms with Crippen LogP contribution in [0.25, 0.3) is 0 Å². The average molecular weight is 224 g/mol. The maximum Gasteiger partial charge on any atom is 0.271 e. The van der Waals surface area contributed by atoms with Crippen LogP contribution in [0.4, 0.5) is 0 Å². The number of amides is 1. The third-order valence-corrected chi connectivity index (χ3v) is 2.00. The predicted molar refractivity (Wildman–Crippen MR) is 64.6 cm³/mol. The highest BCUT2D eigenvalue weighted by Crippen LogP contribution is 1.96. The number of hydrogen-bond donors (Lipinski definition) is 1. The molecule has 1 aromatic heterocycles. The summed E-state index contributed by atoms with van der Waals surface area (Å²) in [6, 6.07) is 15.2. The van der Waals surface area contributed by atoms with E-state index in [1.807, 2.05) is 12.1 Å². The van der Waals surface area contributed by atoms with Crippen LogP contribution in [-0.4, -0.2) is 17.1 Å². The average Bonchev–Trinajstić information content (AvgIpc) is 2.41. The van der Waals surface area contributed by atoms with E-state index in [1.54, 1.807) is 36.5 Å². The van der Waals surface area contributed by atoms with Gasteiger partial charge in [0.15, 0.2) is 0 Å². The Kier molecular flexibility index (Phi) is 3.60. The van der Waals surface area contributed by atoms with Gasteiger partial charge < -0.3 is 0 Å². The Morgan fingerprint density at radius 3 is 2.88 bits per heavy atom. The van der Waals surface area contributed by atoms with Crippen LogP contribution in [0.2, 0.25) is 0 Å². The number of pyridine rings is 1. The van der Waals surface area contributed by atoms with Crippen molar-refractivity contribution in [2.24, 2.45) is 5.10 Å². The Morgan fingerprint density at radius 1 is 1.29 bits per heavy atom. The Morgan fingerprint density at radius 2 is 2.18 bits per heavy atom. The first-order chi connectivity index (χ1) is 8.36. The molecule has 0 bridgehead atoms. The van der Waals surface area contributed by atoms with Crippen molar-refractivity contribution in [2.75, 3.05) is 0 Å². The van der Waals surface area contributed by atoms with Gasteiger partial charge in [0.1, 0.15) is 0 Å². The first-order valence-electron chi connectivity index (χ1n) is 5.07. The van der Waals surface area contributed by atoms with Crippen molar-refractivity contribution < 1.29 is 4.79 Å². The van der Waals surface area contributed by atoms with Crippen molar-refractivity contribution in [3.8, 4) is 0 Å². The van der Waals surface area contributed by atoms with Crippen LogP contribution in [0.1, 0.15) is 16.1 Å². The number of benzene rings is 1. The second-order valence-electron chi connectivity index (χ2n) is 3.23. The molecule has 0 fully saturated rings. The van der Waals surface area contributed by atoms with Crippen LogP contribution in [0.3, 0.4) is 0 Å². The minimum atomic E-state index is -0.294. The van der Waals surface area contributed by atoms with Gasteiger partial charge in [-0.25, -0.2) is 5.43 Å². The molecule has 0 saturated heterocycles. The van der Waals surface area contributed by atoms with Crippen LogP contribution in [0, 0.1) is 6.07 Å². The minimum absolute atomic E-state index is 0.294. The monoisotopic (exact) mass is 224 g/mol. The van der Waals surface area contributed by atoms with E-state index in [0.717, 1.165) is 0 Å². The fourth-order valence-corrected chi connectivity index (χ4v) is 1.20. The second kappa shape index (κ2) is 5.55. The smallest absolute Gasteiger partial charge is 0.267 e. The van der Waals surface area contributed by atoms with Crippen molar-refractivity contribution in [1.82, 2.24) is 10.4 Å². The van der Waals surface area contributed by atoms with Gasteiger partial charge in [-0.1, -0.05) is 24.3 Å². The minimum Gasteiger partial charge on any atom is -0.267 e. The van der Waals surface area contributed by atoms with E-state index in [4.69, 9.17) is 0 Å². The van der Waals surface area contributed by atoms with Gasteiger partial charge in [-0.3, -0.25) is 9.78 Å². The summed E-state index contributed by atoms with van der Waals surface area (Å²) in [6.07, 6.45) is 3.15. The lowest BCUT2D eigenvalue weighted by molar-refractivity contribution is 0.0955. The summed E-state index contributed by atoms with van der Waals surface area (Å²) in [5.74, 6) is -0.294. The lowest BCUT2D eigenvalue weighted by Gasteiger charge is -1.97. The van der Waals surface area contributed by atoms with E-state index in [0.29, 0.717) is 11.3 Å². The van der Waals surface area contributed by atoms with Crippen molar-refractivity contribution in [3.63, 3.8) is 0 Å². The molecule has 1 aromatic carbocycles. The first kappa shape index (κ1) is 11.0. The van der Waals surface area contributed by atoms with Crippen LogP contribution in [0.5, 0.6) is 0 Å². The highest BCUT2D eigenvalue weighted by atomic mass is 16.2. The molecule has 1 heterocycles. The lowest BCUT2D eigenvalue weighted by Crippen LogP contribution is -2.17. The molecule has 2 aromatic rings. The molecule has 4 nitrogen and oxygen atoms in total. The number of carbonyl (C=O) groups excluding carboxylic acids is 1. The third-order valence-electron chi connectivity index (χ3n) is 2.00. The van der Waals surface area contributed by atoms with Gasteiger partial charge in [-0.15, -0.1) is 0 Å². The Hall–Kier alpha value is -2.49. The van der Waals surface area contributed by atoms with Crippen LogP contribution < -0.4 is 5.43 Å². The van der Waals surface area contributed by atoms with Gasteiger partial charge in [0, 0.05) is 11.8 Å². The molecule has 83 valence electrons. The fourth-order valence-electron chi connectivity index (χ4n) is 1.20. The molecule has 0 unspecified atom stereocenters. The lowest BCUT2D eigenvalue weighted by atomic mass is 10.2. The second-order valence-corrected chi connectivity index (χ2v) is 3.23. The zero-order valence-corrected chi connectivity index (χ0v) is 9.00. The van der Waals surface area contributed by atoms with Crippen LogP contribution in [0.15, 0.2) is 53.8 Å². The summed E-state index contributed by atoms with van der Waals surface area (Å²) in [7, 11) is 0. The first-order valence-corrected chi connectivity index (χ1v) is 5.07. The van der Waals surface area contributed by atoms with Crippen LogP contribution >= 0.6 is 0 Å². The quantitative estimate of drug-likeness (QED) is 0.636. The molecule has 0 aliphatic heterocycles. The van der Waals surface area contributed by atoms with Crippen LogP contribution in [-0.2, 0) is 0 Å². The fraction of sp³-hybridized carbons (Fsp3) is 0. The van der Waals surface area contributed by atoms with E-state index < -0.39 is 0 Å². The highest BCUT2D eigenvalue weighted by Gasteiger charge is 2.01. The Labute approximate surface area is 99.0 Å². The molecule has 0 spiro atoms. The number of hydrazone groups is 1. The van der Waals surface area contributed by atoms with Crippen molar-refractivity contribution in [1.29, 1.82) is 0 Å². The number of aromatic nitrogens is 1. The summed E-state index contributed by atoms with van der Waals surface area (Å²) in [4.78, 5) is 15.6. The largest absolute Gasteiger partial charge is 0.271 e. The van der Waals surface area contributed by atoms with E-state index in [2.05, 4.69) is 21.6 Å². The van der Waals surface area contributed by atoms with Gasteiger partial charge in [0.25, 0.3) is 5.91 Å². The highest BCUT2D eigenvalue weighted by molar-refractivity contribution is 5.94. The maximum absolute atomic E-state index is 11.6. The third kappa shape index (κ3) is 3.24. The molecule has 0 atom stereocenters. The summed E-state index contributed by atoms with van der Waals surface area (Å²) >= 11 is 0. The van der Waals surface area contributed by atoms with Crippen molar-refractivity contribution in [2.45, 2.75) is 0 Å². The molecule has 1 N–H and O–H groups in total. The predicted octanol–water partition coefficient (Wildman–Crippen LogP) is 1.65. The molecule has 1 radical (unpaired) electrons. The summed E-state index contributed by atoms with van der Waals surface area (Å²) in [5, 5.41) is 3.81. The Balaban J connectivity index is 1.95. The zero-order valence-electron chi connectivity index (χ0n) is 9.00. The SMILES string of the molecule is O=C(NN=Cc1ccccn1)c1[c]cccc1. The number of nitrogens with zero attached hydrogens (tertiary/aromatic N) is 2. The number of nitrogens with one attached hydrogen (secondary N) is 1. The number of carbonyl (C=O) groups is 1. The summed E-state index contributed by atoms with van der Waals surface area (Å²) in [5.41, 5.74) is 3.54. The number of hydrogen-bond acceptors (Lipinski definition) is 3. The topological polar surface area (TPSA) is 54.4 Å². The van der Waals surface area contributed by atoms with Crippen molar-refractivity contribution >= 4 is 12.1 Å². The number of rotatable bonds is 3. The van der Waals surface area contributed by atoms with Gasteiger partial charge >= 0.3 is 0 Å².